The normalized spacial score (nSPS) is 22.6. The highest BCUT2D eigenvalue weighted by molar-refractivity contribution is 8.28. The summed E-state index contributed by atoms with van der Waals surface area (Å²) in [6, 6.07) is 8.88. The summed E-state index contributed by atoms with van der Waals surface area (Å²) in [7, 11) is 1.16. The van der Waals surface area contributed by atoms with E-state index in [9.17, 15) is 22.4 Å². The molecule has 2 aromatic carbocycles. The fraction of sp³-hybridized carbons (Fsp3) is 0.360. The molecule has 196 valence electrons. The SMILES string of the molecule is CN(C1=NC(=O)CS1=Cc1ccc2c(cnn2Cc2ccc(Cl)cc2C(F)(F)F)c1)[C@H]1CCNC[C@H]1F. The van der Waals surface area contributed by atoms with Crippen molar-refractivity contribution in [3.05, 3.63) is 64.3 Å². The number of carbonyl (C=O) groups is 1. The fourth-order valence-corrected chi connectivity index (χ4v) is 6.74. The van der Waals surface area contributed by atoms with E-state index < -0.39 is 28.4 Å². The predicted octanol–water partition coefficient (Wildman–Crippen LogP) is 4.70. The monoisotopic (exact) mass is 553 g/mol. The van der Waals surface area contributed by atoms with Crippen LogP contribution in [0.15, 0.2) is 47.6 Å². The van der Waals surface area contributed by atoms with Crippen LogP contribution in [-0.4, -0.2) is 69.2 Å². The quantitative estimate of drug-likeness (QED) is 0.376. The first-order chi connectivity index (χ1) is 17.6. The molecule has 1 aromatic heterocycles. The van der Waals surface area contributed by atoms with Crippen LogP contribution in [0.3, 0.4) is 0 Å². The van der Waals surface area contributed by atoms with Crippen LogP contribution in [0.4, 0.5) is 17.6 Å². The van der Waals surface area contributed by atoms with E-state index >= 15 is 0 Å². The van der Waals surface area contributed by atoms with Crippen LogP contribution in [-0.2, 0) is 17.5 Å². The number of amidine groups is 1. The molecule has 37 heavy (non-hydrogen) atoms. The molecule has 5 rings (SSSR count). The Morgan fingerprint density at radius 3 is 2.84 bits per heavy atom. The number of hydrogen-bond donors (Lipinski definition) is 1. The van der Waals surface area contributed by atoms with Crippen molar-refractivity contribution < 1.29 is 22.4 Å². The largest absolute Gasteiger partial charge is 0.416 e. The number of rotatable bonds is 4. The fourth-order valence-electron chi connectivity index (χ4n) is 4.72. The van der Waals surface area contributed by atoms with Crippen molar-refractivity contribution in [1.82, 2.24) is 20.0 Å². The molecule has 0 aliphatic carbocycles. The van der Waals surface area contributed by atoms with Crippen LogP contribution >= 0.6 is 22.1 Å². The third kappa shape index (κ3) is 5.44. The van der Waals surface area contributed by atoms with E-state index in [1.165, 1.54) is 16.8 Å². The van der Waals surface area contributed by atoms with E-state index in [0.717, 1.165) is 17.0 Å². The van der Waals surface area contributed by atoms with E-state index in [-0.39, 0.29) is 41.4 Å². The van der Waals surface area contributed by atoms with Gasteiger partial charge in [-0.15, -0.1) is 10.5 Å². The minimum Gasteiger partial charge on any atom is -0.349 e. The number of benzene rings is 2. The van der Waals surface area contributed by atoms with Gasteiger partial charge in [-0.05, 0) is 53.7 Å². The molecular formula is C25H24ClF4N5OS. The Bertz CT molecular complexity index is 1420. The number of alkyl halides is 4. The Morgan fingerprint density at radius 1 is 1.27 bits per heavy atom. The molecule has 12 heteroatoms. The molecule has 0 radical (unpaired) electrons. The molecule has 0 saturated carbocycles. The molecule has 2 aliphatic heterocycles. The number of nitrogens with one attached hydrogen (secondary N) is 1. The Morgan fingerprint density at radius 2 is 2.08 bits per heavy atom. The summed E-state index contributed by atoms with van der Waals surface area (Å²) in [4.78, 5) is 18.2. The van der Waals surface area contributed by atoms with Gasteiger partial charge in [-0.2, -0.15) is 23.3 Å². The van der Waals surface area contributed by atoms with Crippen molar-refractivity contribution in [3.63, 3.8) is 0 Å². The molecular weight excluding hydrogens is 530 g/mol. The number of aliphatic imine (C=N–C) groups is 1. The summed E-state index contributed by atoms with van der Waals surface area (Å²) in [6.07, 6.45) is -3.36. The zero-order valence-corrected chi connectivity index (χ0v) is 21.4. The molecule has 3 aromatic rings. The molecule has 6 nitrogen and oxygen atoms in total. The topological polar surface area (TPSA) is 62.5 Å². The van der Waals surface area contributed by atoms with Crippen molar-refractivity contribution in [2.45, 2.75) is 31.4 Å². The first kappa shape index (κ1) is 25.9. The molecule has 1 unspecified atom stereocenters. The van der Waals surface area contributed by atoms with E-state index in [0.29, 0.717) is 23.6 Å². The molecule has 3 atom stereocenters. The van der Waals surface area contributed by atoms with Crippen molar-refractivity contribution >= 4 is 49.4 Å². The number of nitrogens with zero attached hydrogens (tertiary/aromatic N) is 4. The Labute approximate surface area is 218 Å². The summed E-state index contributed by atoms with van der Waals surface area (Å²) in [6.45, 7) is 0.907. The molecule has 2 aliphatic rings. The number of halogens is 5. The number of carbonyl (C=O) groups excluding carboxylic acids is 1. The predicted molar refractivity (Wildman–Crippen MR) is 139 cm³/mol. The number of hydrogen-bond acceptors (Lipinski definition) is 4. The third-order valence-corrected chi connectivity index (χ3v) is 8.75. The molecule has 0 bridgehead atoms. The number of fused-ring (bicyclic) bond motifs is 1. The van der Waals surface area contributed by atoms with Crippen LogP contribution in [0.2, 0.25) is 5.02 Å². The second-order valence-electron chi connectivity index (χ2n) is 9.09. The summed E-state index contributed by atoms with van der Waals surface area (Å²) in [5, 5.41) is 10.6. The molecule has 3 heterocycles. The number of amides is 1. The first-order valence-electron chi connectivity index (χ1n) is 11.6. The summed E-state index contributed by atoms with van der Waals surface area (Å²) >= 11 is 5.80. The minimum absolute atomic E-state index is 0.0172. The van der Waals surface area contributed by atoms with Gasteiger partial charge in [-0.25, -0.2) is 4.39 Å². The minimum atomic E-state index is -4.53. The number of piperidine rings is 1. The van der Waals surface area contributed by atoms with Gasteiger partial charge >= 0.3 is 6.18 Å². The van der Waals surface area contributed by atoms with E-state index in [1.54, 1.807) is 24.2 Å². The highest BCUT2D eigenvalue weighted by Crippen LogP contribution is 2.35. The average Bonchev–Trinajstić information content (AvgIpc) is 3.42. The second-order valence-corrected chi connectivity index (χ2v) is 11.3. The van der Waals surface area contributed by atoms with Crippen LogP contribution in [0.5, 0.6) is 0 Å². The first-order valence-corrected chi connectivity index (χ1v) is 13.5. The average molecular weight is 554 g/mol. The summed E-state index contributed by atoms with van der Waals surface area (Å²) in [5.74, 6) is -0.00141. The van der Waals surface area contributed by atoms with Crippen LogP contribution in [0.1, 0.15) is 23.1 Å². The smallest absolute Gasteiger partial charge is 0.349 e. The van der Waals surface area contributed by atoms with Gasteiger partial charge in [0.15, 0.2) is 5.17 Å². The number of aromatic nitrogens is 2. The van der Waals surface area contributed by atoms with Gasteiger partial charge in [0.1, 0.15) is 6.17 Å². The van der Waals surface area contributed by atoms with E-state index in [2.05, 4.69) is 15.4 Å². The third-order valence-electron chi connectivity index (χ3n) is 6.55. The standard InChI is InChI=1S/C25H24ClF4N5OS/c1-34(22-6-7-31-11-20(22)27)24-33-23(36)14-37(24)13-15-2-5-21-17(8-15)10-32-35(21)12-16-3-4-18(26)9-19(16)25(28,29)30/h2-5,8-10,13,20,22,31H,6-7,11-12,14H2,1H3/t20-,22+,37?/m1/s1. The van der Waals surface area contributed by atoms with Crippen molar-refractivity contribution in [2.75, 3.05) is 25.9 Å². The lowest BCUT2D eigenvalue weighted by Gasteiger charge is -2.35. The highest BCUT2D eigenvalue weighted by Gasteiger charge is 2.34. The molecule has 1 amide bonds. The Hall–Kier alpha value is -2.76. The van der Waals surface area contributed by atoms with E-state index in [4.69, 9.17) is 11.6 Å². The zero-order valence-electron chi connectivity index (χ0n) is 19.8. The van der Waals surface area contributed by atoms with Gasteiger partial charge < -0.3 is 10.2 Å². The van der Waals surface area contributed by atoms with Gasteiger partial charge in [-0.1, -0.05) is 23.7 Å². The molecule has 1 N–H and O–H groups in total. The summed E-state index contributed by atoms with van der Waals surface area (Å²) < 4.78 is 56.6. The van der Waals surface area contributed by atoms with Crippen LogP contribution in [0, 0.1) is 0 Å². The van der Waals surface area contributed by atoms with Gasteiger partial charge in [0.2, 0.25) is 0 Å². The van der Waals surface area contributed by atoms with Crippen molar-refractivity contribution in [2.24, 2.45) is 4.99 Å². The maximum absolute atomic E-state index is 14.5. The maximum atomic E-state index is 14.5. The van der Waals surface area contributed by atoms with Gasteiger partial charge in [0.05, 0.1) is 35.6 Å². The van der Waals surface area contributed by atoms with Gasteiger partial charge in [0.25, 0.3) is 5.91 Å². The van der Waals surface area contributed by atoms with Gasteiger partial charge in [0, 0.05) is 24.0 Å². The van der Waals surface area contributed by atoms with Gasteiger partial charge in [-0.3, -0.25) is 9.48 Å². The van der Waals surface area contributed by atoms with Crippen LogP contribution in [0.25, 0.3) is 10.9 Å². The van der Waals surface area contributed by atoms with Crippen molar-refractivity contribution in [3.8, 4) is 0 Å². The lowest BCUT2D eigenvalue weighted by atomic mass is 10.0. The van der Waals surface area contributed by atoms with Crippen molar-refractivity contribution in [1.29, 1.82) is 0 Å². The Balaban J connectivity index is 1.41. The highest BCUT2D eigenvalue weighted by atomic mass is 35.5. The van der Waals surface area contributed by atoms with E-state index in [1.807, 2.05) is 17.5 Å². The van der Waals surface area contributed by atoms with Crippen LogP contribution < -0.4 is 5.32 Å². The molecule has 1 saturated heterocycles. The maximum Gasteiger partial charge on any atom is 0.416 e. The zero-order chi connectivity index (χ0) is 26.3. The lowest BCUT2D eigenvalue weighted by molar-refractivity contribution is -0.138. The Kier molecular flexibility index (Phi) is 7.12. The summed E-state index contributed by atoms with van der Waals surface area (Å²) in [5.41, 5.74) is 0.778. The lowest BCUT2D eigenvalue weighted by Crippen LogP contribution is -2.51. The molecule has 1 fully saturated rings. The molecule has 0 spiro atoms. The second kappa shape index (κ2) is 10.2.